The van der Waals surface area contributed by atoms with Gasteiger partial charge in [-0.2, -0.15) is 0 Å². The molecule has 0 bridgehead atoms. The van der Waals surface area contributed by atoms with E-state index in [1.807, 2.05) is 6.07 Å². The second kappa shape index (κ2) is 9.69. The highest BCUT2D eigenvalue weighted by molar-refractivity contribution is 6.42. The van der Waals surface area contributed by atoms with Gasteiger partial charge in [0.15, 0.2) is 6.39 Å². The van der Waals surface area contributed by atoms with Gasteiger partial charge in [0, 0.05) is 19.6 Å². The van der Waals surface area contributed by atoms with Crippen molar-refractivity contribution in [3.8, 4) is 0 Å². The van der Waals surface area contributed by atoms with E-state index >= 15 is 0 Å². The quantitative estimate of drug-likeness (QED) is 0.657. The minimum absolute atomic E-state index is 0.0813. The zero-order valence-corrected chi connectivity index (χ0v) is 19.5. The van der Waals surface area contributed by atoms with Crippen LogP contribution in [0, 0.1) is 0 Å². The number of likely N-dealkylation sites (tertiary alicyclic amines) is 1. The number of fused-ring (bicyclic) bond motifs is 1. The monoisotopic (exact) mass is 478 g/mol. The fraction of sp³-hybridized carbons (Fsp3) is 0.565. The third-order valence-corrected chi connectivity index (χ3v) is 7.68. The maximum atomic E-state index is 13.5. The molecule has 0 spiro atoms. The van der Waals surface area contributed by atoms with Crippen molar-refractivity contribution in [2.75, 3.05) is 39.4 Å². The fourth-order valence-electron chi connectivity index (χ4n) is 5.38. The molecule has 4 heterocycles. The van der Waals surface area contributed by atoms with Gasteiger partial charge in [0.25, 0.3) is 0 Å². The molecular formula is C23H28Cl2N4O3. The highest BCUT2D eigenvalue weighted by Crippen LogP contribution is 2.31. The van der Waals surface area contributed by atoms with Gasteiger partial charge in [-0.1, -0.05) is 29.3 Å². The number of nitrogens with zero attached hydrogens (tertiary/aromatic N) is 4. The highest BCUT2D eigenvalue weighted by atomic mass is 35.5. The maximum Gasteiger partial charge on any atom is 0.227 e. The molecule has 3 aliphatic rings. The standard InChI is InChI=1S/C23H28Cl2N4O3/c24-18-4-3-16(9-19(18)25)10-22(30)29-8-7-28(11-17-12-32-15-26-17)21-14-31-13-20(23(21)29)27-5-1-2-6-27/h3-4,9,12,15,20-21,23H,1-2,5-8,10-11,13-14H2/t20-,21+,23+/m0/s1. The molecule has 0 radical (unpaired) electrons. The molecule has 0 aliphatic carbocycles. The van der Waals surface area contributed by atoms with Gasteiger partial charge in [0.1, 0.15) is 6.26 Å². The molecule has 3 atom stereocenters. The Bertz CT molecular complexity index is 935. The lowest BCUT2D eigenvalue weighted by molar-refractivity contribution is -0.153. The van der Waals surface area contributed by atoms with Gasteiger partial charge in [0.05, 0.1) is 53.5 Å². The molecule has 9 heteroatoms. The van der Waals surface area contributed by atoms with Crippen molar-refractivity contribution in [3.63, 3.8) is 0 Å². The molecule has 3 aliphatic heterocycles. The Morgan fingerprint density at radius 1 is 1.06 bits per heavy atom. The summed E-state index contributed by atoms with van der Waals surface area (Å²) >= 11 is 12.2. The fourth-order valence-corrected chi connectivity index (χ4v) is 5.70. The molecule has 1 aromatic carbocycles. The highest BCUT2D eigenvalue weighted by Gasteiger charge is 2.47. The molecule has 0 N–H and O–H groups in total. The Morgan fingerprint density at radius 3 is 2.62 bits per heavy atom. The molecule has 1 aromatic heterocycles. The number of benzene rings is 1. The average Bonchev–Trinajstić information content (AvgIpc) is 3.50. The second-order valence-corrected chi connectivity index (χ2v) is 9.68. The van der Waals surface area contributed by atoms with Crippen LogP contribution in [0.3, 0.4) is 0 Å². The van der Waals surface area contributed by atoms with Gasteiger partial charge in [-0.15, -0.1) is 0 Å². The minimum atomic E-state index is 0.0813. The molecule has 7 nitrogen and oxygen atoms in total. The summed E-state index contributed by atoms with van der Waals surface area (Å²) in [6.07, 6.45) is 5.88. The first-order valence-corrected chi connectivity index (χ1v) is 12.0. The van der Waals surface area contributed by atoms with Crippen LogP contribution in [-0.4, -0.2) is 83.1 Å². The van der Waals surface area contributed by atoms with Gasteiger partial charge in [-0.25, -0.2) is 4.98 Å². The average molecular weight is 479 g/mol. The van der Waals surface area contributed by atoms with Crippen molar-refractivity contribution < 1.29 is 13.9 Å². The Labute approximate surface area is 198 Å². The van der Waals surface area contributed by atoms with Crippen LogP contribution in [0.4, 0.5) is 0 Å². The SMILES string of the molecule is O=C(Cc1ccc(Cl)c(Cl)c1)N1CCN(Cc2cocn2)[C@@H]2COC[C@H](N3CCCC3)[C@H]21. The molecule has 1 amide bonds. The number of piperazine rings is 1. The molecule has 3 fully saturated rings. The number of oxazole rings is 1. The lowest BCUT2D eigenvalue weighted by atomic mass is 9.90. The molecule has 0 unspecified atom stereocenters. The summed E-state index contributed by atoms with van der Waals surface area (Å²) in [4.78, 5) is 24.9. The predicted octanol–water partition coefficient (Wildman–Crippen LogP) is 3.10. The number of hydrogen-bond donors (Lipinski definition) is 0. The van der Waals surface area contributed by atoms with E-state index in [0.29, 0.717) is 42.8 Å². The van der Waals surface area contributed by atoms with Crippen LogP contribution in [0.1, 0.15) is 24.1 Å². The molecule has 5 rings (SSSR count). The van der Waals surface area contributed by atoms with Gasteiger partial charge in [0.2, 0.25) is 5.91 Å². The number of rotatable bonds is 5. The number of carbonyl (C=O) groups excluding carboxylic acids is 1. The Balaban J connectivity index is 1.39. The van der Waals surface area contributed by atoms with Crippen LogP contribution in [0.2, 0.25) is 10.0 Å². The van der Waals surface area contributed by atoms with Gasteiger partial charge < -0.3 is 14.1 Å². The van der Waals surface area contributed by atoms with Crippen LogP contribution in [-0.2, 0) is 22.5 Å². The van der Waals surface area contributed by atoms with Crippen molar-refractivity contribution in [1.29, 1.82) is 0 Å². The smallest absolute Gasteiger partial charge is 0.227 e. The van der Waals surface area contributed by atoms with Crippen LogP contribution in [0.15, 0.2) is 35.3 Å². The molecular weight excluding hydrogens is 451 g/mol. The summed E-state index contributed by atoms with van der Waals surface area (Å²) in [5.41, 5.74) is 1.79. The van der Waals surface area contributed by atoms with E-state index in [0.717, 1.165) is 30.9 Å². The summed E-state index contributed by atoms with van der Waals surface area (Å²) in [5.74, 6) is 0.130. The van der Waals surface area contributed by atoms with E-state index < -0.39 is 0 Å². The first kappa shape index (κ1) is 22.2. The Hall–Kier alpha value is -1.64. The molecule has 3 saturated heterocycles. The molecule has 0 saturated carbocycles. The summed E-state index contributed by atoms with van der Waals surface area (Å²) < 4.78 is 11.3. The molecule has 2 aromatic rings. The third kappa shape index (κ3) is 4.54. The number of halogens is 2. The number of carbonyl (C=O) groups is 1. The lowest BCUT2D eigenvalue weighted by Gasteiger charge is -2.54. The van der Waals surface area contributed by atoms with E-state index in [1.54, 1.807) is 18.4 Å². The summed E-state index contributed by atoms with van der Waals surface area (Å²) in [6.45, 7) is 5.56. The third-order valence-electron chi connectivity index (χ3n) is 6.94. The summed E-state index contributed by atoms with van der Waals surface area (Å²) in [7, 11) is 0. The van der Waals surface area contributed by atoms with Crippen LogP contribution in [0.25, 0.3) is 0 Å². The van der Waals surface area contributed by atoms with Crippen LogP contribution < -0.4 is 0 Å². The topological polar surface area (TPSA) is 62.1 Å². The number of hydrogen-bond acceptors (Lipinski definition) is 6. The number of aromatic nitrogens is 1. The zero-order valence-electron chi connectivity index (χ0n) is 18.0. The second-order valence-electron chi connectivity index (χ2n) is 8.87. The van der Waals surface area contributed by atoms with Gasteiger partial charge >= 0.3 is 0 Å². The maximum absolute atomic E-state index is 13.5. The zero-order chi connectivity index (χ0) is 22.1. The number of amides is 1. The van der Waals surface area contributed by atoms with E-state index in [-0.39, 0.29) is 24.0 Å². The Kier molecular flexibility index (Phi) is 6.71. The molecule has 172 valence electrons. The summed E-state index contributed by atoms with van der Waals surface area (Å²) in [5, 5.41) is 0.983. The van der Waals surface area contributed by atoms with Crippen molar-refractivity contribution in [3.05, 3.63) is 52.2 Å². The van der Waals surface area contributed by atoms with Gasteiger partial charge in [-0.05, 0) is 43.6 Å². The minimum Gasteiger partial charge on any atom is -0.451 e. The lowest BCUT2D eigenvalue weighted by Crippen LogP contribution is -2.71. The van der Waals surface area contributed by atoms with Crippen molar-refractivity contribution in [2.45, 2.75) is 43.9 Å². The van der Waals surface area contributed by atoms with E-state index in [4.69, 9.17) is 32.4 Å². The molecule has 32 heavy (non-hydrogen) atoms. The van der Waals surface area contributed by atoms with Crippen molar-refractivity contribution in [2.24, 2.45) is 0 Å². The number of ether oxygens (including phenoxy) is 1. The van der Waals surface area contributed by atoms with Gasteiger partial charge in [-0.3, -0.25) is 14.6 Å². The normalized spacial score (nSPS) is 26.9. The van der Waals surface area contributed by atoms with E-state index in [9.17, 15) is 4.79 Å². The van der Waals surface area contributed by atoms with Crippen LogP contribution in [0.5, 0.6) is 0 Å². The van der Waals surface area contributed by atoms with Crippen molar-refractivity contribution >= 4 is 29.1 Å². The first-order chi connectivity index (χ1) is 15.6. The van der Waals surface area contributed by atoms with E-state index in [1.165, 1.54) is 19.2 Å². The largest absolute Gasteiger partial charge is 0.451 e. The van der Waals surface area contributed by atoms with Crippen LogP contribution >= 0.6 is 23.2 Å². The van der Waals surface area contributed by atoms with E-state index in [2.05, 4.69) is 19.7 Å². The van der Waals surface area contributed by atoms with Crippen molar-refractivity contribution in [1.82, 2.24) is 19.7 Å². The Morgan fingerprint density at radius 2 is 1.88 bits per heavy atom. The first-order valence-electron chi connectivity index (χ1n) is 11.3. The predicted molar refractivity (Wildman–Crippen MR) is 122 cm³/mol. The summed E-state index contributed by atoms with van der Waals surface area (Å²) in [6, 6.07) is 5.84.